The second kappa shape index (κ2) is 26.3. The molecule has 4 saturated heterocycles. The summed E-state index contributed by atoms with van der Waals surface area (Å²) in [6.07, 6.45) is -16.6. The van der Waals surface area contributed by atoms with E-state index in [9.17, 15) is 75.0 Å². The molecule has 27 nitrogen and oxygen atoms in total. The van der Waals surface area contributed by atoms with E-state index in [0.717, 1.165) is 65.7 Å². The minimum absolute atomic E-state index is 0.0193. The summed E-state index contributed by atoms with van der Waals surface area (Å²) in [4.78, 5) is 64.2. The van der Waals surface area contributed by atoms with Gasteiger partial charge in [-0.15, -0.1) is 0 Å². The second-order valence-electron chi connectivity index (χ2n) is 29.2. The fourth-order valence-corrected chi connectivity index (χ4v) is 18.3. The van der Waals surface area contributed by atoms with E-state index in [1.165, 1.54) is 12.5 Å². The Morgan fingerprint density at radius 1 is 0.506 bits per heavy atom. The number of fused-ring (bicyclic) bond motifs is 7. The van der Waals surface area contributed by atoms with Crippen molar-refractivity contribution in [1.82, 2.24) is 21.3 Å². The van der Waals surface area contributed by atoms with Crippen molar-refractivity contribution in [1.29, 1.82) is 0 Å². The van der Waals surface area contributed by atoms with Gasteiger partial charge in [0.1, 0.15) is 97.4 Å². The molecule has 0 spiro atoms. The Bertz CT molecular complexity index is 2620. The zero-order valence-electron chi connectivity index (χ0n) is 53.1. The number of carboxylic acids is 1. The van der Waals surface area contributed by atoms with Crippen molar-refractivity contribution in [3.05, 3.63) is 11.6 Å². The second-order valence-corrected chi connectivity index (χ2v) is 29.2. The van der Waals surface area contributed by atoms with Crippen LogP contribution in [0.25, 0.3) is 0 Å². The van der Waals surface area contributed by atoms with Crippen LogP contribution >= 0.6 is 0 Å². The van der Waals surface area contributed by atoms with Gasteiger partial charge >= 0.3 is 5.97 Å². The zero-order chi connectivity index (χ0) is 65.4. The molecule has 4 heterocycles. The summed E-state index contributed by atoms with van der Waals surface area (Å²) < 4.78 is 50.2. The van der Waals surface area contributed by atoms with Gasteiger partial charge in [0.05, 0.1) is 37.9 Å². The number of nitrogens with one attached hydrogen (secondary N) is 4. The van der Waals surface area contributed by atoms with Gasteiger partial charge in [-0.05, 0) is 109 Å². The molecule has 8 fully saturated rings. The van der Waals surface area contributed by atoms with E-state index in [0.29, 0.717) is 19.3 Å². The summed E-state index contributed by atoms with van der Waals surface area (Å²) in [5.41, 5.74) is -0.304. The highest BCUT2D eigenvalue weighted by Gasteiger charge is 2.70. The highest BCUT2D eigenvalue weighted by atomic mass is 16.8. The predicted molar refractivity (Wildman–Crippen MR) is 310 cm³/mol. The number of carbonyl (C=O) groups is 5. The average Bonchev–Trinajstić information content (AvgIpc) is 0.688. The number of rotatable bonds is 17. The van der Waals surface area contributed by atoms with Crippen LogP contribution in [0.3, 0.4) is 0 Å². The van der Waals surface area contributed by atoms with Crippen molar-refractivity contribution in [3.8, 4) is 0 Å². The molecule has 5 aliphatic carbocycles. The maximum atomic E-state index is 13.3. The first-order valence-electron chi connectivity index (χ1n) is 31.8. The minimum atomic E-state index is -1.92. The van der Waals surface area contributed by atoms with Gasteiger partial charge in [0, 0.05) is 27.7 Å². The lowest BCUT2D eigenvalue weighted by Gasteiger charge is -2.71. The van der Waals surface area contributed by atoms with Gasteiger partial charge in [0.2, 0.25) is 23.6 Å². The van der Waals surface area contributed by atoms with Gasteiger partial charge < -0.3 is 110 Å². The maximum absolute atomic E-state index is 13.3. The third-order valence-corrected chi connectivity index (χ3v) is 23.1. The summed E-state index contributed by atoms with van der Waals surface area (Å²) in [7, 11) is 0. The van der Waals surface area contributed by atoms with Gasteiger partial charge in [-0.1, -0.05) is 60.1 Å². The first kappa shape index (κ1) is 69.7. The SMILES string of the molecule is CC(=O)N[C@H]1[C@H](O[C@H]2[C@H](O)[C@@H](NC(C)=O)[C@H](O[C@H]3CC[C@]4(C)[C@H]5CC=C6[C@@H]7CC(C)(C)CC[C@]7(C(=O)O)CC[C@@]6(C)[C@]5(C)CC[C@H]4C3(C)C)O[C@@H]2CO)O[C@H](CO)[C@@H](O[C@@H]2O[C@H](CO)[C@@H](O[C@@H]3O[C@H](CO)[C@@H](O)[C@H](O)[C@H]3NC(C)=O)[C@H](O)[C@H]2NC(C)=O)[C@@H]1O. The van der Waals surface area contributed by atoms with E-state index in [4.69, 9.17) is 37.9 Å². The Balaban J connectivity index is 0.915. The molecule has 9 aliphatic rings. The van der Waals surface area contributed by atoms with Crippen LogP contribution in [0.1, 0.15) is 140 Å². The van der Waals surface area contributed by atoms with Crippen molar-refractivity contribution in [3.63, 3.8) is 0 Å². The largest absolute Gasteiger partial charge is 0.481 e. The lowest BCUT2D eigenvalue weighted by Crippen LogP contribution is -2.72. The number of carboxylic acid groups (broad SMARTS) is 1. The van der Waals surface area contributed by atoms with Crippen LogP contribution in [0.5, 0.6) is 0 Å². The molecule has 14 N–H and O–H groups in total. The summed E-state index contributed by atoms with van der Waals surface area (Å²) in [6.45, 7) is 17.4. The van der Waals surface area contributed by atoms with Gasteiger partial charge in [0.15, 0.2) is 25.2 Å². The number of carbonyl (C=O) groups excluding carboxylic acids is 4. The third-order valence-electron chi connectivity index (χ3n) is 23.1. The number of hydrogen-bond donors (Lipinski definition) is 14. The van der Waals surface area contributed by atoms with Gasteiger partial charge in [-0.2, -0.15) is 0 Å². The molecule has 4 aliphatic heterocycles. The number of ether oxygens (including phenoxy) is 8. The highest BCUT2D eigenvalue weighted by Crippen LogP contribution is 2.76. The molecule has 0 aromatic carbocycles. The van der Waals surface area contributed by atoms with E-state index < -0.39 is 196 Å². The fraction of sp³-hybridized carbons (Fsp3) is 0.887. The average molecular weight is 1270 g/mol. The molecular weight excluding hydrogens is 1170 g/mol. The molecule has 27 heteroatoms. The molecule has 506 valence electrons. The van der Waals surface area contributed by atoms with Gasteiger partial charge in [-0.3, -0.25) is 24.0 Å². The Kier molecular flexibility index (Phi) is 20.6. The van der Waals surface area contributed by atoms with Crippen LogP contribution in [-0.4, -0.2) is 236 Å². The smallest absolute Gasteiger partial charge is 0.310 e. The van der Waals surface area contributed by atoms with Crippen molar-refractivity contribution >= 4 is 29.6 Å². The standard InChI is InChI=1S/C62H100N4O23/c1-27(71)63-40-45(76)44(75)33(23-67)82-53(40)87-50-35(25-69)84-55(42(47(50)78)65-29(3)73)89-51-36(26-70)85-54(43(48(51)79)66-30(4)74)88-49-34(24-68)83-52(41(46(49)77)64-28(2)72)86-39-15-16-59(9)37(58(39,7)8)14-17-61(11)38(59)13-12-31-32-22-57(5,6)18-20-62(32,56(80)81)21-19-60(31,61)10/h12,32-55,67-70,75-79H,13-26H2,1-11H3,(H,63,71)(H,64,72)(H,65,73)(H,66,74)(H,80,81)/t32-,33+,34+,35+,36+,37-,38+,39-,40+,41+,42+,43+,44+,45+,46+,47+,48+,49+,50+,51+,52-,53-,54-,55-,59-,60+,61+,62-/m0/s1. The number of aliphatic carboxylic acids is 1. The molecule has 0 aromatic rings. The molecule has 89 heavy (non-hydrogen) atoms. The van der Waals surface area contributed by atoms with Crippen LogP contribution in [0.2, 0.25) is 0 Å². The Hall–Kier alpha value is -3.59. The number of amides is 4. The first-order chi connectivity index (χ1) is 41.7. The summed E-state index contributed by atoms with van der Waals surface area (Å²) >= 11 is 0. The fourth-order valence-electron chi connectivity index (χ4n) is 18.3. The summed E-state index contributed by atoms with van der Waals surface area (Å²) in [5.74, 6) is -2.96. The zero-order valence-corrected chi connectivity index (χ0v) is 53.1. The highest BCUT2D eigenvalue weighted by molar-refractivity contribution is 5.77. The first-order valence-corrected chi connectivity index (χ1v) is 31.8. The van der Waals surface area contributed by atoms with E-state index in [1.807, 2.05) is 0 Å². The van der Waals surface area contributed by atoms with Crippen molar-refractivity contribution in [2.24, 2.45) is 50.2 Å². The van der Waals surface area contributed by atoms with Crippen LogP contribution in [0.4, 0.5) is 0 Å². The summed E-state index contributed by atoms with van der Waals surface area (Å²) in [6, 6.07) is -6.07. The molecular formula is C62H100N4O23. The number of aliphatic hydroxyl groups is 9. The topological polar surface area (TPSA) is 410 Å². The number of aliphatic hydroxyl groups excluding tert-OH is 9. The van der Waals surface area contributed by atoms with Gasteiger partial charge in [-0.25, -0.2) is 0 Å². The predicted octanol–water partition coefficient (Wildman–Crippen LogP) is -0.894. The molecule has 28 atom stereocenters. The minimum Gasteiger partial charge on any atom is -0.481 e. The third kappa shape index (κ3) is 12.6. The Morgan fingerprint density at radius 2 is 0.910 bits per heavy atom. The normalized spacial score (nSPS) is 47.5. The van der Waals surface area contributed by atoms with Crippen molar-refractivity contribution in [2.45, 2.75) is 269 Å². The van der Waals surface area contributed by atoms with E-state index >= 15 is 0 Å². The van der Waals surface area contributed by atoms with Gasteiger partial charge in [0.25, 0.3) is 0 Å². The number of allylic oxidation sites excluding steroid dienone is 2. The van der Waals surface area contributed by atoms with Crippen LogP contribution in [0.15, 0.2) is 11.6 Å². The van der Waals surface area contributed by atoms with Crippen LogP contribution in [-0.2, 0) is 61.9 Å². The lowest BCUT2D eigenvalue weighted by atomic mass is 9.33. The van der Waals surface area contributed by atoms with Crippen LogP contribution in [0, 0.1) is 50.2 Å². The quantitative estimate of drug-likeness (QED) is 0.0620. The molecule has 0 aromatic heterocycles. The van der Waals surface area contributed by atoms with Crippen LogP contribution < -0.4 is 21.3 Å². The monoisotopic (exact) mass is 1270 g/mol. The number of hydrogen-bond acceptors (Lipinski definition) is 22. The molecule has 0 unspecified atom stereocenters. The molecule has 0 bridgehead atoms. The molecule has 9 rings (SSSR count). The molecule has 0 radical (unpaired) electrons. The van der Waals surface area contributed by atoms with E-state index in [-0.39, 0.29) is 39.4 Å². The molecule has 4 amide bonds. The molecule has 4 saturated carbocycles. The summed E-state index contributed by atoms with van der Waals surface area (Å²) in [5, 5.41) is 122. The van der Waals surface area contributed by atoms with E-state index in [2.05, 4.69) is 75.8 Å². The Morgan fingerprint density at radius 3 is 1.33 bits per heavy atom. The lowest BCUT2D eigenvalue weighted by molar-refractivity contribution is -0.365. The van der Waals surface area contributed by atoms with E-state index in [1.54, 1.807) is 0 Å². The maximum Gasteiger partial charge on any atom is 0.310 e. The van der Waals surface area contributed by atoms with Crippen molar-refractivity contribution < 1.29 is 113 Å². The van der Waals surface area contributed by atoms with Crippen molar-refractivity contribution in [2.75, 3.05) is 26.4 Å². The Labute approximate surface area is 519 Å².